The maximum atomic E-state index is 4.70. The van der Waals surface area contributed by atoms with Gasteiger partial charge in [0.25, 0.3) is 0 Å². The van der Waals surface area contributed by atoms with Crippen LogP contribution in [0.25, 0.3) is 11.0 Å². The Balaban J connectivity index is 2.08. The van der Waals surface area contributed by atoms with Crippen LogP contribution in [0.1, 0.15) is 50.2 Å². The molecule has 1 aliphatic rings. The molecule has 1 N–H and O–H groups in total. The molecule has 0 spiro atoms. The van der Waals surface area contributed by atoms with Gasteiger partial charge in [-0.1, -0.05) is 6.07 Å². The van der Waals surface area contributed by atoms with Crippen LogP contribution in [0.3, 0.4) is 0 Å². The fraction of sp³-hybridized carbons (Fsp3) is 0.533. The zero-order chi connectivity index (χ0) is 12.7. The number of rotatable bonds is 2. The first-order valence-electron chi connectivity index (χ1n) is 6.88. The van der Waals surface area contributed by atoms with E-state index in [9.17, 15) is 0 Å². The third-order valence-corrected chi connectivity index (χ3v) is 3.87. The van der Waals surface area contributed by atoms with Crippen LogP contribution in [-0.2, 0) is 0 Å². The molecule has 1 fully saturated rings. The molecule has 1 aromatic heterocycles. The summed E-state index contributed by atoms with van der Waals surface area (Å²) >= 11 is 0. The third-order valence-electron chi connectivity index (χ3n) is 3.87. The number of hydrogen-bond acceptors (Lipinski definition) is 2. The number of nitrogens with one attached hydrogen (secondary N) is 1. The summed E-state index contributed by atoms with van der Waals surface area (Å²) in [6.45, 7) is 7.65. The van der Waals surface area contributed by atoms with Gasteiger partial charge < -0.3 is 9.88 Å². The molecule has 1 aromatic carbocycles. The summed E-state index contributed by atoms with van der Waals surface area (Å²) in [6, 6.07) is 7.73. The molecular formula is C15H21N3. The normalized spacial score (nSPS) is 20.1. The lowest BCUT2D eigenvalue weighted by atomic mass is 10.0. The molecule has 3 nitrogen and oxygen atoms in total. The van der Waals surface area contributed by atoms with Crippen molar-refractivity contribution in [2.45, 2.75) is 45.7 Å². The van der Waals surface area contributed by atoms with Crippen molar-refractivity contribution in [3.63, 3.8) is 0 Å². The molecular weight excluding hydrogens is 222 g/mol. The van der Waals surface area contributed by atoms with E-state index in [4.69, 9.17) is 4.98 Å². The van der Waals surface area contributed by atoms with Gasteiger partial charge in [-0.25, -0.2) is 4.98 Å². The molecule has 3 rings (SSSR count). The van der Waals surface area contributed by atoms with E-state index in [2.05, 4.69) is 48.9 Å². The summed E-state index contributed by atoms with van der Waals surface area (Å²) in [7, 11) is 0. The van der Waals surface area contributed by atoms with E-state index in [1.807, 2.05) is 0 Å². The lowest BCUT2D eigenvalue weighted by Crippen LogP contribution is -2.12. The van der Waals surface area contributed by atoms with Gasteiger partial charge in [0.1, 0.15) is 5.82 Å². The number of fused-ring (bicyclic) bond motifs is 1. The van der Waals surface area contributed by atoms with Gasteiger partial charge in [-0.05, 0) is 57.9 Å². The van der Waals surface area contributed by atoms with E-state index in [0.29, 0.717) is 12.1 Å². The van der Waals surface area contributed by atoms with E-state index in [-0.39, 0.29) is 0 Å². The topological polar surface area (TPSA) is 29.9 Å². The number of aryl methyl sites for hydroxylation is 1. The van der Waals surface area contributed by atoms with Crippen molar-refractivity contribution in [2.75, 3.05) is 6.54 Å². The Kier molecular flexibility index (Phi) is 2.86. The second-order valence-electron chi connectivity index (χ2n) is 5.52. The minimum atomic E-state index is 0.463. The van der Waals surface area contributed by atoms with Gasteiger partial charge in [0, 0.05) is 12.1 Å². The van der Waals surface area contributed by atoms with Crippen LogP contribution in [-0.4, -0.2) is 16.1 Å². The predicted molar refractivity (Wildman–Crippen MR) is 74.8 cm³/mol. The second kappa shape index (κ2) is 4.39. The quantitative estimate of drug-likeness (QED) is 0.876. The highest BCUT2D eigenvalue weighted by atomic mass is 15.1. The predicted octanol–water partition coefficient (Wildman–Crippen LogP) is 3.35. The summed E-state index contributed by atoms with van der Waals surface area (Å²) in [5, 5.41) is 3.55. The van der Waals surface area contributed by atoms with E-state index in [0.717, 1.165) is 17.9 Å². The van der Waals surface area contributed by atoms with Crippen LogP contribution in [0.15, 0.2) is 18.2 Å². The smallest absolute Gasteiger partial charge is 0.106 e. The maximum Gasteiger partial charge on any atom is 0.106 e. The Hall–Kier alpha value is -1.35. The zero-order valence-corrected chi connectivity index (χ0v) is 11.4. The monoisotopic (exact) mass is 243 g/mol. The highest BCUT2D eigenvalue weighted by molar-refractivity contribution is 5.77. The van der Waals surface area contributed by atoms with Gasteiger partial charge in [0.05, 0.1) is 11.0 Å². The van der Waals surface area contributed by atoms with Gasteiger partial charge in [0.2, 0.25) is 0 Å². The van der Waals surface area contributed by atoms with Gasteiger partial charge in [-0.2, -0.15) is 0 Å². The van der Waals surface area contributed by atoms with Crippen molar-refractivity contribution >= 4 is 11.0 Å². The zero-order valence-electron chi connectivity index (χ0n) is 11.4. The summed E-state index contributed by atoms with van der Waals surface area (Å²) in [6.07, 6.45) is 2.53. The Morgan fingerprint density at radius 1 is 1.39 bits per heavy atom. The number of hydrogen-bond donors (Lipinski definition) is 1. The largest absolute Gasteiger partial charge is 0.326 e. The van der Waals surface area contributed by atoms with E-state index >= 15 is 0 Å². The fourth-order valence-corrected chi connectivity index (χ4v) is 3.07. The maximum absolute atomic E-state index is 4.70. The Morgan fingerprint density at radius 3 is 2.89 bits per heavy atom. The lowest BCUT2D eigenvalue weighted by Gasteiger charge is -2.12. The number of imidazole rings is 1. The van der Waals surface area contributed by atoms with E-state index in [1.54, 1.807) is 0 Å². The van der Waals surface area contributed by atoms with Crippen LogP contribution in [0, 0.1) is 6.92 Å². The molecule has 2 heterocycles. The lowest BCUT2D eigenvalue weighted by molar-refractivity contribution is 0.600. The Morgan fingerprint density at radius 2 is 2.22 bits per heavy atom. The molecule has 2 aromatic rings. The molecule has 3 heteroatoms. The average molecular weight is 243 g/mol. The van der Waals surface area contributed by atoms with Crippen molar-refractivity contribution in [3.05, 3.63) is 29.6 Å². The highest BCUT2D eigenvalue weighted by Crippen LogP contribution is 2.27. The number of nitrogens with zero attached hydrogens (tertiary/aromatic N) is 2. The van der Waals surface area contributed by atoms with Gasteiger partial charge in [0.15, 0.2) is 0 Å². The molecule has 1 atom stereocenters. The van der Waals surface area contributed by atoms with Crippen LogP contribution in [0.5, 0.6) is 0 Å². The van der Waals surface area contributed by atoms with Crippen molar-refractivity contribution in [1.29, 1.82) is 0 Å². The molecule has 0 aliphatic carbocycles. The molecule has 1 saturated heterocycles. The average Bonchev–Trinajstić information content (AvgIpc) is 2.92. The van der Waals surface area contributed by atoms with Crippen molar-refractivity contribution < 1.29 is 0 Å². The van der Waals surface area contributed by atoms with E-state index < -0.39 is 0 Å². The summed E-state index contributed by atoms with van der Waals surface area (Å²) in [5.41, 5.74) is 3.77. The first kappa shape index (κ1) is 11.7. The number of benzene rings is 1. The minimum Gasteiger partial charge on any atom is -0.326 e. The van der Waals surface area contributed by atoms with Crippen molar-refractivity contribution in [1.82, 2.24) is 14.9 Å². The third kappa shape index (κ3) is 1.83. The number of aromatic nitrogens is 2. The van der Waals surface area contributed by atoms with Crippen molar-refractivity contribution in [3.8, 4) is 0 Å². The standard InChI is InChI=1S/C15H21N3/c1-10(2)18-11(3)17-14-9-12(6-7-15(14)18)13-5-4-8-16-13/h6-7,9-10,13,16H,4-5,8H2,1-3H3. The van der Waals surface area contributed by atoms with Crippen molar-refractivity contribution in [2.24, 2.45) is 0 Å². The first-order valence-corrected chi connectivity index (χ1v) is 6.88. The van der Waals surface area contributed by atoms with Gasteiger partial charge in [-0.15, -0.1) is 0 Å². The van der Waals surface area contributed by atoms with E-state index in [1.165, 1.54) is 23.9 Å². The first-order chi connectivity index (χ1) is 8.66. The molecule has 18 heavy (non-hydrogen) atoms. The minimum absolute atomic E-state index is 0.463. The Labute approximate surface area is 108 Å². The van der Waals surface area contributed by atoms with Crippen LogP contribution in [0.2, 0.25) is 0 Å². The Bertz CT molecular complexity index is 562. The van der Waals surface area contributed by atoms with Crippen LogP contribution >= 0.6 is 0 Å². The van der Waals surface area contributed by atoms with Gasteiger partial charge >= 0.3 is 0 Å². The SMILES string of the molecule is Cc1nc2cc(C3CCCN3)ccc2n1C(C)C. The molecule has 0 radical (unpaired) electrons. The molecule has 0 amide bonds. The fourth-order valence-electron chi connectivity index (χ4n) is 3.07. The second-order valence-corrected chi connectivity index (χ2v) is 5.52. The van der Waals surface area contributed by atoms with Crippen LogP contribution < -0.4 is 5.32 Å². The molecule has 0 saturated carbocycles. The molecule has 96 valence electrons. The summed E-state index contributed by atoms with van der Waals surface area (Å²) in [4.78, 5) is 4.70. The molecule has 1 unspecified atom stereocenters. The summed E-state index contributed by atoms with van der Waals surface area (Å²) < 4.78 is 2.31. The molecule has 1 aliphatic heterocycles. The highest BCUT2D eigenvalue weighted by Gasteiger charge is 2.18. The summed E-state index contributed by atoms with van der Waals surface area (Å²) in [5.74, 6) is 1.11. The van der Waals surface area contributed by atoms with Crippen LogP contribution in [0.4, 0.5) is 0 Å². The molecule has 0 bridgehead atoms. The van der Waals surface area contributed by atoms with Gasteiger partial charge in [-0.3, -0.25) is 0 Å².